The van der Waals surface area contributed by atoms with Crippen molar-refractivity contribution in [2.45, 2.75) is 18.2 Å². The van der Waals surface area contributed by atoms with Crippen molar-refractivity contribution in [2.24, 2.45) is 4.99 Å². The van der Waals surface area contributed by atoms with E-state index in [2.05, 4.69) is 10.2 Å². The molecule has 3 rings (SSSR count). The zero-order valence-electron chi connectivity index (χ0n) is 17.8. The molecule has 10 heteroatoms. The summed E-state index contributed by atoms with van der Waals surface area (Å²) in [4.78, 5) is 21.4. The minimum absolute atomic E-state index is 0. The molecule has 2 aromatic rings. The van der Waals surface area contributed by atoms with Crippen molar-refractivity contribution in [1.29, 1.82) is 0 Å². The summed E-state index contributed by atoms with van der Waals surface area (Å²) in [5.41, 5.74) is 1.04. The molecule has 31 heavy (non-hydrogen) atoms. The second-order valence-corrected chi connectivity index (χ2v) is 9.17. The van der Waals surface area contributed by atoms with Crippen LogP contribution in [0.1, 0.15) is 23.0 Å². The first kappa shape index (κ1) is 25.2. The molecule has 1 amide bonds. The summed E-state index contributed by atoms with van der Waals surface area (Å²) in [5.74, 6) is 1.11. The highest BCUT2D eigenvalue weighted by atomic mass is 127. The monoisotopic (exact) mass is 560 g/mol. The molecule has 0 radical (unpaired) electrons. The largest absolute Gasteiger partial charge is 0.459 e. The molecule has 1 N–H and O–H groups in total. The van der Waals surface area contributed by atoms with E-state index in [1.54, 1.807) is 29.2 Å². The molecule has 0 spiro atoms. The first-order valence-corrected chi connectivity index (χ1v) is 11.9. The van der Waals surface area contributed by atoms with E-state index in [9.17, 15) is 13.2 Å². The lowest BCUT2D eigenvalue weighted by Gasteiger charge is -2.36. The second-order valence-electron chi connectivity index (χ2n) is 7.16. The zero-order valence-corrected chi connectivity index (χ0v) is 20.9. The molecule has 0 unspecified atom stereocenters. The fourth-order valence-corrected chi connectivity index (χ4v) is 3.93. The third-order valence-corrected chi connectivity index (χ3v) is 6.08. The Bertz CT molecular complexity index is 967. The number of carbonyl (C=O) groups is 1. The van der Waals surface area contributed by atoms with Gasteiger partial charge in [-0.3, -0.25) is 9.79 Å². The van der Waals surface area contributed by atoms with Crippen LogP contribution in [0.2, 0.25) is 0 Å². The summed E-state index contributed by atoms with van der Waals surface area (Å²) in [6, 6.07) is 10.3. The van der Waals surface area contributed by atoms with Gasteiger partial charge in [-0.15, -0.1) is 24.0 Å². The molecule has 1 saturated heterocycles. The van der Waals surface area contributed by atoms with Crippen LogP contribution in [-0.4, -0.2) is 75.6 Å². The molecule has 0 bridgehead atoms. The molecular weight excluding hydrogens is 531 g/mol. The fraction of sp³-hybridized carbons (Fsp3) is 0.429. The normalized spacial score (nSPS) is 14.8. The van der Waals surface area contributed by atoms with Crippen molar-refractivity contribution < 1.29 is 17.6 Å². The number of hydrogen-bond donors (Lipinski definition) is 1. The minimum atomic E-state index is -3.18. The van der Waals surface area contributed by atoms with Gasteiger partial charge in [0.25, 0.3) is 5.91 Å². The van der Waals surface area contributed by atoms with E-state index in [1.807, 2.05) is 19.1 Å². The first-order valence-electron chi connectivity index (χ1n) is 10.0. The number of sulfone groups is 1. The van der Waals surface area contributed by atoms with Gasteiger partial charge in [0.15, 0.2) is 21.6 Å². The van der Waals surface area contributed by atoms with E-state index in [0.717, 1.165) is 24.5 Å². The summed E-state index contributed by atoms with van der Waals surface area (Å²) >= 11 is 0. The van der Waals surface area contributed by atoms with Crippen LogP contribution in [0.3, 0.4) is 0 Å². The number of guanidine groups is 1. The maximum Gasteiger partial charge on any atom is 0.289 e. The van der Waals surface area contributed by atoms with Crippen LogP contribution in [0.25, 0.3) is 0 Å². The van der Waals surface area contributed by atoms with Crippen LogP contribution in [-0.2, 0) is 16.3 Å². The van der Waals surface area contributed by atoms with Crippen molar-refractivity contribution in [3.8, 4) is 0 Å². The molecule has 1 aliphatic rings. The third kappa shape index (κ3) is 6.96. The van der Waals surface area contributed by atoms with Crippen molar-refractivity contribution in [3.05, 3.63) is 54.0 Å². The van der Waals surface area contributed by atoms with Crippen LogP contribution in [0.5, 0.6) is 0 Å². The first-order chi connectivity index (χ1) is 14.4. The van der Waals surface area contributed by atoms with Gasteiger partial charge >= 0.3 is 0 Å². The average Bonchev–Trinajstić information content (AvgIpc) is 3.27. The van der Waals surface area contributed by atoms with Gasteiger partial charge in [0.05, 0.1) is 11.2 Å². The molecule has 2 heterocycles. The summed E-state index contributed by atoms with van der Waals surface area (Å²) in [7, 11) is -3.18. The maximum atomic E-state index is 12.4. The van der Waals surface area contributed by atoms with Crippen molar-refractivity contribution in [2.75, 3.05) is 45.5 Å². The smallest absolute Gasteiger partial charge is 0.289 e. The Morgan fingerprint density at radius 2 is 1.74 bits per heavy atom. The average molecular weight is 560 g/mol. The summed E-state index contributed by atoms with van der Waals surface area (Å²) < 4.78 is 28.3. The highest BCUT2D eigenvalue weighted by Gasteiger charge is 2.25. The standard InChI is InChI=1S/C21H28N4O4S.HI/c1-3-22-21(23-11-10-17-6-8-18(9-7-17)30(2,27)28)25-14-12-24(13-15-25)20(26)19-5-4-16-29-19;/h4-9,16H,3,10-15H2,1-2H3,(H,22,23);1H. The predicted octanol–water partition coefficient (Wildman–Crippen LogP) is 2.27. The summed E-state index contributed by atoms with van der Waals surface area (Å²) in [6.07, 6.45) is 3.43. The SMILES string of the molecule is CCNC(=NCCc1ccc(S(C)(=O)=O)cc1)N1CCN(C(=O)c2ccco2)CC1.I. The van der Waals surface area contributed by atoms with E-state index in [0.29, 0.717) is 43.4 Å². The highest BCUT2D eigenvalue weighted by molar-refractivity contribution is 14.0. The van der Waals surface area contributed by atoms with Crippen molar-refractivity contribution in [1.82, 2.24) is 15.1 Å². The van der Waals surface area contributed by atoms with Gasteiger partial charge in [-0.2, -0.15) is 0 Å². The Kier molecular flexibility index (Phi) is 9.35. The number of carbonyl (C=O) groups excluding carboxylic acids is 1. The zero-order chi connectivity index (χ0) is 21.6. The van der Waals surface area contributed by atoms with Crippen LogP contribution >= 0.6 is 24.0 Å². The third-order valence-electron chi connectivity index (χ3n) is 4.95. The molecule has 0 aliphatic carbocycles. The quantitative estimate of drug-likeness (QED) is 0.331. The fourth-order valence-electron chi connectivity index (χ4n) is 3.30. The van der Waals surface area contributed by atoms with Gasteiger partial charge in [0.1, 0.15) is 0 Å². The molecule has 8 nitrogen and oxygen atoms in total. The van der Waals surface area contributed by atoms with Crippen LogP contribution < -0.4 is 5.32 Å². The minimum Gasteiger partial charge on any atom is -0.459 e. The number of furan rings is 1. The van der Waals surface area contributed by atoms with Gasteiger partial charge < -0.3 is 19.5 Å². The lowest BCUT2D eigenvalue weighted by molar-refractivity contribution is 0.0657. The van der Waals surface area contributed by atoms with E-state index in [4.69, 9.17) is 9.41 Å². The number of rotatable bonds is 6. The summed E-state index contributed by atoms with van der Waals surface area (Å²) in [5, 5.41) is 3.31. The van der Waals surface area contributed by atoms with Crippen LogP contribution in [0.4, 0.5) is 0 Å². The van der Waals surface area contributed by atoms with Crippen molar-refractivity contribution >= 4 is 45.7 Å². The molecule has 1 aliphatic heterocycles. The number of amides is 1. The number of hydrogen-bond acceptors (Lipinski definition) is 5. The van der Waals surface area contributed by atoms with Gasteiger partial charge in [0, 0.05) is 45.5 Å². The maximum absolute atomic E-state index is 12.4. The molecule has 0 atom stereocenters. The lowest BCUT2D eigenvalue weighted by atomic mass is 10.1. The number of piperazine rings is 1. The van der Waals surface area contributed by atoms with Gasteiger partial charge in [-0.25, -0.2) is 8.42 Å². The lowest BCUT2D eigenvalue weighted by Crippen LogP contribution is -2.53. The molecular formula is C21H29IN4O4S. The topological polar surface area (TPSA) is 95.2 Å². The van der Waals surface area contributed by atoms with Crippen molar-refractivity contribution in [3.63, 3.8) is 0 Å². The van der Waals surface area contributed by atoms with E-state index >= 15 is 0 Å². The highest BCUT2D eigenvalue weighted by Crippen LogP contribution is 2.12. The summed E-state index contributed by atoms with van der Waals surface area (Å²) in [6.45, 7) is 5.98. The Balaban J connectivity index is 0.00000341. The van der Waals surface area contributed by atoms with Gasteiger partial charge in [0.2, 0.25) is 0 Å². The van der Waals surface area contributed by atoms with Crippen LogP contribution in [0.15, 0.2) is 57.0 Å². The van der Waals surface area contributed by atoms with Gasteiger partial charge in [-0.05, 0) is 43.2 Å². The molecule has 1 fully saturated rings. The number of nitrogens with one attached hydrogen (secondary N) is 1. The molecule has 170 valence electrons. The van der Waals surface area contributed by atoms with Gasteiger partial charge in [-0.1, -0.05) is 12.1 Å². The predicted molar refractivity (Wildman–Crippen MR) is 131 cm³/mol. The van der Waals surface area contributed by atoms with E-state index in [-0.39, 0.29) is 29.9 Å². The number of benzene rings is 1. The number of aliphatic imine (C=N–C) groups is 1. The number of halogens is 1. The second kappa shape index (κ2) is 11.5. The Morgan fingerprint density at radius 3 is 2.29 bits per heavy atom. The molecule has 1 aromatic carbocycles. The Hall–Kier alpha value is -2.08. The van der Waals surface area contributed by atoms with Crippen LogP contribution in [0, 0.1) is 0 Å². The van der Waals surface area contributed by atoms with E-state index in [1.165, 1.54) is 12.5 Å². The Morgan fingerprint density at radius 1 is 1.10 bits per heavy atom. The molecule has 0 saturated carbocycles. The Labute approximate surface area is 200 Å². The van der Waals surface area contributed by atoms with E-state index < -0.39 is 9.84 Å². The molecule has 1 aromatic heterocycles. The number of nitrogens with zero attached hydrogens (tertiary/aromatic N) is 3.